The lowest BCUT2D eigenvalue weighted by Gasteiger charge is -2.11. The molecule has 11 aromatic rings. The highest BCUT2D eigenvalue weighted by Gasteiger charge is 2.18. The Kier molecular flexibility index (Phi) is 6.16. The summed E-state index contributed by atoms with van der Waals surface area (Å²) in [6.07, 6.45) is 0. The Labute approximate surface area is 298 Å². The molecule has 51 heavy (non-hydrogen) atoms. The van der Waals surface area contributed by atoms with Gasteiger partial charge >= 0.3 is 0 Å². The third kappa shape index (κ3) is 4.29. The highest BCUT2D eigenvalue weighted by molar-refractivity contribution is 7.26. The molecule has 2 nitrogen and oxygen atoms in total. The summed E-state index contributed by atoms with van der Waals surface area (Å²) in [5.41, 5.74) is 12.2. The van der Waals surface area contributed by atoms with Crippen molar-refractivity contribution in [2.45, 2.75) is 0 Å². The van der Waals surface area contributed by atoms with Gasteiger partial charge in [0, 0.05) is 53.1 Å². The molecule has 0 aliphatic heterocycles. The molecule has 0 radical (unpaired) electrons. The first-order chi connectivity index (χ1) is 25.3. The van der Waals surface area contributed by atoms with Gasteiger partial charge in [0.15, 0.2) is 0 Å². The van der Waals surface area contributed by atoms with E-state index in [1.807, 2.05) is 11.3 Å². The lowest BCUT2D eigenvalue weighted by Crippen LogP contribution is -1.94. The van der Waals surface area contributed by atoms with Gasteiger partial charge in [0.25, 0.3) is 0 Å². The van der Waals surface area contributed by atoms with Crippen LogP contribution in [-0.4, -0.2) is 9.13 Å². The van der Waals surface area contributed by atoms with Crippen LogP contribution in [0.25, 0.3) is 97.4 Å². The molecule has 3 heteroatoms. The van der Waals surface area contributed by atoms with E-state index in [0.717, 1.165) is 5.69 Å². The van der Waals surface area contributed by atoms with Crippen LogP contribution >= 0.6 is 11.3 Å². The van der Waals surface area contributed by atoms with Crippen molar-refractivity contribution in [3.8, 4) is 33.6 Å². The molecule has 0 atom stereocenters. The lowest BCUT2D eigenvalue weighted by atomic mass is 10.0. The first-order valence-corrected chi connectivity index (χ1v) is 18.3. The van der Waals surface area contributed by atoms with E-state index in [1.54, 1.807) is 0 Å². The zero-order valence-electron chi connectivity index (χ0n) is 27.6. The number of fused-ring (bicyclic) bond motifs is 10. The summed E-state index contributed by atoms with van der Waals surface area (Å²) in [6.45, 7) is 0. The number of nitrogens with zero attached hydrogens (tertiary/aromatic N) is 2. The molecular formula is C48H30N2S. The maximum absolute atomic E-state index is 2.43. The average Bonchev–Trinajstić information content (AvgIpc) is 3.86. The monoisotopic (exact) mass is 666 g/mol. The molecule has 0 aliphatic carbocycles. The zero-order chi connectivity index (χ0) is 33.5. The molecule has 3 aromatic heterocycles. The first-order valence-electron chi connectivity index (χ1n) is 17.4. The van der Waals surface area contributed by atoms with E-state index in [2.05, 4.69) is 191 Å². The summed E-state index contributed by atoms with van der Waals surface area (Å²) in [5, 5.41) is 7.84. The van der Waals surface area contributed by atoms with Crippen LogP contribution in [0.2, 0.25) is 0 Å². The standard InChI is InChI=1S/C48H30N2S/c1-2-10-31(11-3-1)34-22-27-40-46(30-34)51-45-29-28-44-47(48(40)45)39-14-6-9-17-43(39)50(44)36-25-20-33(21-26-36)32-18-23-35(24-19-32)49-41-15-7-4-12-37(41)38-13-5-8-16-42(38)49/h1-30H. The lowest BCUT2D eigenvalue weighted by molar-refractivity contribution is 1.18. The zero-order valence-corrected chi connectivity index (χ0v) is 28.4. The molecule has 11 rings (SSSR count). The Morgan fingerprint density at radius 2 is 0.784 bits per heavy atom. The number of hydrogen-bond acceptors (Lipinski definition) is 1. The highest BCUT2D eigenvalue weighted by atomic mass is 32.1. The molecule has 0 fully saturated rings. The van der Waals surface area contributed by atoms with E-state index in [4.69, 9.17) is 0 Å². The van der Waals surface area contributed by atoms with Crippen LogP contribution in [0.4, 0.5) is 0 Å². The Morgan fingerprint density at radius 3 is 1.41 bits per heavy atom. The quantitative estimate of drug-likeness (QED) is 0.177. The molecule has 0 aliphatic rings. The van der Waals surface area contributed by atoms with Crippen LogP contribution in [0, 0.1) is 0 Å². The van der Waals surface area contributed by atoms with Gasteiger partial charge in [-0.1, -0.05) is 121 Å². The Morgan fingerprint density at radius 1 is 0.294 bits per heavy atom. The maximum atomic E-state index is 2.43. The van der Waals surface area contributed by atoms with Gasteiger partial charge in [0.1, 0.15) is 0 Å². The minimum Gasteiger partial charge on any atom is -0.309 e. The van der Waals surface area contributed by atoms with Crippen molar-refractivity contribution in [3.05, 3.63) is 182 Å². The van der Waals surface area contributed by atoms with Crippen LogP contribution in [0.1, 0.15) is 0 Å². The Bertz CT molecular complexity index is 3050. The van der Waals surface area contributed by atoms with Gasteiger partial charge in [-0.3, -0.25) is 0 Å². The second-order valence-corrected chi connectivity index (χ2v) is 14.4. The maximum Gasteiger partial charge on any atom is 0.0548 e. The van der Waals surface area contributed by atoms with E-state index < -0.39 is 0 Å². The van der Waals surface area contributed by atoms with E-state index in [9.17, 15) is 0 Å². The van der Waals surface area contributed by atoms with Crippen molar-refractivity contribution in [1.82, 2.24) is 9.13 Å². The topological polar surface area (TPSA) is 9.86 Å². The SMILES string of the molecule is c1ccc(-c2ccc3c(c2)sc2ccc4c(c5ccccc5n4-c4ccc(-c5ccc(-n6c7ccccc7c7ccccc76)cc5)cc4)c23)cc1. The van der Waals surface area contributed by atoms with Crippen LogP contribution < -0.4 is 0 Å². The smallest absolute Gasteiger partial charge is 0.0548 e. The van der Waals surface area contributed by atoms with Crippen molar-refractivity contribution in [2.75, 3.05) is 0 Å². The minimum absolute atomic E-state index is 1.16. The fraction of sp³-hybridized carbons (Fsp3) is 0. The van der Waals surface area contributed by atoms with Gasteiger partial charge in [-0.25, -0.2) is 0 Å². The Balaban J connectivity index is 1.01. The van der Waals surface area contributed by atoms with E-state index in [0.29, 0.717) is 0 Å². The van der Waals surface area contributed by atoms with E-state index in [-0.39, 0.29) is 0 Å². The van der Waals surface area contributed by atoms with Crippen molar-refractivity contribution < 1.29 is 0 Å². The number of hydrogen-bond donors (Lipinski definition) is 0. The molecule has 8 aromatic carbocycles. The van der Waals surface area contributed by atoms with Crippen molar-refractivity contribution in [1.29, 1.82) is 0 Å². The molecule has 0 saturated heterocycles. The van der Waals surface area contributed by atoms with Gasteiger partial charge in [0.2, 0.25) is 0 Å². The van der Waals surface area contributed by atoms with Crippen LogP contribution in [0.5, 0.6) is 0 Å². The van der Waals surface area contributed by atoms with Gasteiger partial charge in [-0.05, 0) is 82.9 Å². The molecule has 0 saturated carbocycles. The molecule has 0 bridgehead atoms. The summed E-state index contributed by atoms with van der Waals surface area (Å²) < 4.78 is 7.45. The highest BCUT2D eigenvalue weighted by Crippen LogP contribution is 2.44. The number of benzene rings is 8. The van der Waals surface area contributed by atoms with Crippen molar-refractivity contribution >= 4 is 75.1 Å². The number of thiophene rings is 1. The average molecular weight is 667 g/mol. The summed E-state index contributed by atoms with van der Waals surface area (Å²) in [7, 11) is 0. The van der Waals surface area contributed by atoms with Crippen molar-refractivity contribution in [3.63, 3.8) is 0 Å². The summed E-state index contributed by atoms with van der Waals surface area (Å²) in [6, 6.07) is 66.5. The summed E-state index contributed by atoms with van der Waals surface area (Å²) in [4.78, 5) is 0. The van der Waals surface area contributed by atoms with Crippen LogP contribution in [0.3, 0.4) is 0 Å². The van der Waals surface area contributed by atoms with Gasteiger partial charge in [0.05, 0.1) is 22.1 Å². The van der Waals surface area contributed by atoms with Crippen LogP contribution in [0.15, 0.2) is 182 Å². The normalized spacial score (nSPS) is 11.9. The molecular weight excluding hydrogens is 637 g/mol. The second-order valence-electron chi connectivity index (χ2n) is 13.3. The fourth-order valence-electron chi connectivity index (χ4n) is 8.22. The second kappa shape index (κ2) is 11.0. The van der Waals surface area contributed by atoms with Crippen LogP contribution in [-0.2, 0) is 0 Å². The third-order valence-corrected chi connectivity index (χ3v) is 11.7. The molecule has 238 valence electrons. The largest absolute Gasteiger partial charge is 0.309 e. The summed E-state index contributed by atoms with van der Waals surface area (Å²) >= 11 is 1.89. The predicted molar refractivity (Wildman–Crippen MR) is 219 cm³/mol. The predicted octanol–water partition coefficient (Wildman–Crippen LogP) is 13.6. The van der Waals surface area contributed by atoms with E-state index >= 15 is 0 Å². The van der Waals surface area contributed by atoms with Gasteiger partial charge in [-0.15, -0.1) is 11.3 Å². The Hall–Kier alpha value is -6.42. The van der Waals surface area contributed by atoms with Gasteiger partial charge < -0.3 is 9.13 Å². The molecule has 3 heterocycles. The first kappa shape index (κ1) is 28.4. The molecule has 0 amide bonds. The molecule has 0 N–H and O–H groups in total. The fourth-order valence-corrected chi connectivity index (χ4v) is 9.37. The minimum atomic E-state index is 1.16. The molecule has 0 unspecified atom stereocenters. The van der Waals surface area contributed by atoms with Gasteiger partial charge in [-0.2, -0.15) is 0 Å². The third-order valence-electron chi connectivity index (χ3n) is 10.5. The van der Waals surface area contributed by atoms with E-state index in [1.165, 1.54) is 91.7 Å². The number of rotatable bonds is 4. The molecule has 0 spiro atoms. The number of aromatic nitrogens is 2. The number of para-hydroxylation sites is 3. The van der Waals surface area contributed by atoms with Crippen molar-refractivity contribution in [2.24, 2.45) is 0 Å². The summed E-state index contributed by atoms with van der Waals surface area (Å²) in [5.74, 6) is 0.